The van der Waals surface area contributed by atoms with Gasteiger partial charge in [-0.05, 0) is 36.3 Å². The van der Waals surface area contributed by atoms with E-state index in [1.54, 1.807) is 25.1 Å². The Morgan fingerprint density at radius 3 is 2.69 bits per heavy atom. The highest BCUT2D eigenvalue weighted by atomic mass is 16.5. The molecule has 2 aromatic carbocycles. The van der Waals surface area contributed by atoms with Crippen molar-refractivity contribution in [1.29, 1.82) is 0 Å². The molecule has 0 aliphatic heterocycles. The minimum atomic E-state index is -1.31. The Morgan fingerprint density at radius 2 is 1.96 bits per heavy atom. The Labute approximate surface area is 150 Å². The molecule has 0 aliphatic carbocycles. The third-order valence-electron chi connectivity index (χ3n) is 4.04. The van der Waals surface area contributed by atoms with Gasteiger partial charge in [-0.3, -0.25) is 0 Å². The predicted octanol–water partition coefficient (Wildman–Crippen LogP) is 2.49. The Kier molecular flexibility index (Phi) is 5.17. The molecule has 0 bridgehead atoms. The van der Waals surface area contributed by atoms with E-state index in [9.17, 15) is 14.7 Å². The van der Waals surface area contributed by atoms with Crippen molar-refractivity contribution in [3.63, 3.8) is 0 Å². The highest BCUT2D eigenvalue weighted by molar-refractivity contribution is 5.83. The van der Waals surface area contributed by atoms with Gasteiger partial charge >= 0.3 is 5.63 Å². The van der Waals surface area contributed by atoms with E-state index in [1.165, 1.54) is 0 Å². The second-order valence-corrected chi connectivity index (χ2v) is 5.82. The summed E-state index contributed by atoms with van der Waals surface area (Å²) in [5.74, 6) is -0.754. The Morgan fingerprint density at radius 1 is 1.19 bits per heavy atom. The van der Waals surface area contributed by atoms with Crippen molar-refractivity contribution >= 4 is 23.0 Å². The first kappa shape index (κ1) is 17.5. The summed E-state index contributed by atoms with van der Waals surface area (Å²) >= 11 is 0. The van der Waals surface area contributed by atoms with Crippen LogP contribution in [0.15, 0.2) is 63.8 Å². The van der Waals surface area contributed by atoms with Crippen LogP contribution in [0.2, 0.25) is 0 Å². The molecular formula is C21H17O5-. The number of hydrogen-bond acceptors (Lipinski definition) is 5. The van der Waals surface area contributed by atoms with Crippen LogP contribution in [-0.2, 0) is 11.2 Å². The molecule has 0 amide bonds. The fourth-order valence-electron chi connectivity index (χ4n) is 2.71. The first-order chi connectivity index (χ1) is 12.5. The fraction of sp³-hybridized carbons (Fsp3) is 0.143. The summed E-state index contributed by atoms with van der Waals surface area (Å²) in [4.78, 5) is 22.8. The van der Waals surface area contributed by atoms with Gasteiger partial charge in [-0.25, -0.2) is 4.79 Å². The summed E-state index contributed by atoms with van der Waals surface area (Å²) in [5.41, 5.74) is 1.46. The van der Waals surface area contributed by atoms with E-state index >= 15 is 0 Å². The minimum Gasteiger partial charge on any atom is -0.550 e. The van der Waals surface area contributed by atoms with Crippen molar-refractivity contribution in [2.45, 2.75) is 13.3 Å². The molecule has 5 heteroatoms. The van der Waals surface area contributed by atoms with E-state index in [4.69, 9.17) is 9.15 Å². The molecule has 0 saturated heterocycles. The average Bonchev–Trinajstić information content (AvgIpc) is 2.63. The molecule has 3 aromatic rings. The van der Waals surface area contributed by atoms with Crippen molar-refractivity contribution < 1.29 is 19.1 Å². The standard InChI is InChI=1S/C21H18O5/c1-14-17-10-9-16(25-11-5-8-15-6-3-2-4-7-15)12-19(17)26-21(24)18(14)13-20(22)23/h2-10,12H,11,13H2,1H3,(H,22,23)/p-1/b8-5+. The second kappa shape index (κ2) is 7.70. The van der Waals surface area contributed by atoms with Crippen molar-refractivity contribution in [2.75, 3.05) is 6.61 Å². The molecule has 0 saturated carbocycles. The largest absolute Gasteiger partial charge is 0.550 e. The number of carboxylic acids is 1. The summed E-state index contributed by atoms with van der Waals surface area (Å²) in [6.07, 6.45) is 3.38. The maximum atomic E-state index is 12.0. The van der Waals surface area contributed by atoms with E-state index in [1.807, 2.05) is 42.5 Å². The lowest BCUT2D eigenvalue weighted by atomic mass is 10.0. The van der Waals surface area contributed by atoms with Gasteiger partial charge in [0.25, 0.3) is 0 Å². The van der Waals surface area contributed by atoms with Gasteiger partial charge in [-0.15, -0.1) is 0 Å². The van der Waals surface area contributed by atoms with E-state index in [2.05, 4.69) is 0 Å². The van der Waals surface area contributed by atoms with Crippen molar-refractivity contribution in [3.05, 3.63) is 81.7 Å². The Hall–Kier alpha value is -3.34. The van der Waals surface area contributed by atoms with Gasteiger partial charge in [0.15, 0.2) is 0 Å². The van der Waals surface area contributed by atoms with Gasteiger partial charge in [-0.1, -0.05) is 36.4 Å². The lowest BCUT2D eigenvalue weighted by molar-refractivity contribution is -0.304. The average molecular weight is 349 g/mol. The van der Waals surface area contributed by atoms with Gasteiger partial charge in [0, 0.05) is 29.4 Å². The number of ether oxygens (including phenoxy) is 1. The van der Waals surface area contributed by atoms with Crippen molar-refractivity contribution in [2.24, 2.45) is 0 Å². The smallest absolute Gasteiger partial charge is 0.340 e. The number of fused-ring (bicyclic) bond motifs is 1. The lowest BCUT2D eigenvalue weighted by Crippen LogP contribution is -2.27. The SMILES string of the molecule is Cc1c(CC(=O)[O-])c(=O)oc2cc(OC/C=C/c3ccccc3)ccc12. The molecule has 132 valence electrons. The zero-order valence-electron chi connectivity index (χ0n) is 14.2. The van der Waals surface area contributed by atoms with E-state index in [0.29, 0.717) is 28.9 Å². The van der Waals surface area contributed by atoms with Crippen LogP contribution in [0.5, 0.6) is 5.75 Å². The molecule has 3 rings (SSSR count). The molecule has 0 fully saturated rings. The number of carbonyl (C=O) groups is 1. The summed E-state index contributed by atoms with van der Waals surface area (Å²) in [6.45, 7) is 2.06. The second-order valence-electron chi connectivity index (χ2n) is 5.82. The van der Waals surface area contributed by atoms with Gasteiger partial charge in [-0.2, -0.15) is 0 Å². The molecule has 1 aromatic heterocycles. The molecule has 0 N–H and O–H groups in total. The van der Waals surface area contributed by atoms with Gasteiger partial charge in [0.05, 0.1) is 0 Å². The van der Waals surface area contributed by atoms with Crippen LogP contribution in [0.3, 0.4) is 0 Å². The molecule has 1 heterocycles. The maximum absolute atomic E-state index is 12.0. The van der Waals surface area contributed by atoms with Crippen molar-refractivity contribution in [1.82, 2.24) is 0 Å². The van der Waals surface area contributed by atoms with Crippen LogP contribution >= 0.6 is 0 Å². The molecule has 0 unspecified atom stereocenters. The zero-order chi connectivity index (χ0) is 18.5. The van der Waals surface area contributed by atoms with Gasteiger partial charge in [0.1, 0.15) is 17.9 Å². The fourth-order valence-corrected chi connectivity index (χ4v) is 2.71. The number of rotatable bonds is 6. The van der Waals surface area contributed by atoms with Crippen LogP contribution in [0, 0.1) is 6.92 Å². The van der Waals surface area contributed by atoms with E-state index in [-0.39, 0.29) is 5.56 Å². The molecule has 0 aliphatic rings. The molecule has 0 spiro atoms. The van der Waals surface area contributed by atoms with E-state index < -0.39 is 18.0 Å². The van der Waals surface area contributed by atoms with E-state index in [0.717, 1.165) is 5.56 Å². The topological polar surface area (TPSA) is 79.6 Å². The number of carboxylic acid groups (broad SMARTS) is 1. The Balaban J connectivity index is 1.78. The highest BCUT2D eigenvalue weighted by Gasteiger charge is 2.12. The predicted molar refractivity (Wildman–Crippen MR) is 96.9 cm³/mol. The lowest BCUT2D eigenvalue weighted by Gasteiger charge is -2.09. The zero-order valence-corrected chi connectivity index (χ0v) is 14.2. The van der Waals surface area contributed by atoms with Crippen molar-refractivity contribution in [3.8, 4) is 5.75 Å². The molecule has 0 atom stereocenters. The summed E-state index contributed by atoms with van der Waals surface area (Å²) in [7, 11) is 0. The summed E-state index contributed by atoms with van der Waals surface area (Å²) in [5, 5.41) is 11.5. The Bertz CT molecular complexity index is 1020. The molecule has 26 heavy (non-hydrogen) atoms. The highest BCUT2D eigenvalue weighted by Crippen LogP contribution is 2.24. The molecular weight excluding hydrogens is 332 g/mol. The first-order valence-corrected chi connectivity index (χ1v) is 8.15. The monoisotopic (exact) mass is 349 g/mol. The van der Waals surface area contributed by atoms with Gasteiger partial charge < -0.3 is 19.1 Å². The van der Waals surface area contributed by atoms with Crippen LogP contribution in [0.4, 0.5) is 0 Å². The number of hydrogen-bond donors (Lipinski definition) is 0. The number of aryl methyl sites for hydroxylation is 1. The van der Waals surface area contributed by atoms with Crippen LogP contribution in [-0.4, -0.2) is 12.6 Å². The minimum absolute atomic E-state index is 0.108. The first-order valence-electron chi connectivity index (χ1n) is 8.15. The third-order valence-corrected chi connectivity index (χ3v) is 4.04. The molecule has 0 radical (unpaired) electrons. The number of aliphatic carboxylic acids is 1. The summed E-state index contributed by atoms with van der Waals surface area (Å²) in [6, 6.07) is 15.0. The summed E-state index contributed by atoms with van der Waals surface area (Å²) < 4.78 is 10.9. The molecule has 5 nitrogen and oxygen atoms in total. The van der Waals surface area contributed by atoms with Crippen LogP contribution in [0.25, 0.3) is 17.0 Å². The maximum Gasteiger partial charge on any atom is 0.340 e. The van der Waals surface area contributed by atoms with Gasteiger partial charge in [0.2, 0.25) is 0 Å². The normalized spacial score (nSPS) is 11.1. The number of benzene rings is 2. The van der Waals surface area contributed by atoms with Crippen LogP contribution < -0.4 is 15.5 Å². The van der Waals surface area contributed by atoms with Crippen LogP contribution in [0.1, 0.15) is 16.7 Å². The quantitative estimate of drug-likeness (QED) is 0.639. The number of carbonyl (C=O) groups excluding carboxylic acids is 1. The third kappa shape index (κ3) is 4.00.